The Kier molecular flexibility index (Phi) is 8.07. The van der Waals surface area contributed by atoms with Gasteiger partial charge in [-0.3, -0.25) is 14.4 Å². The molecule has 0 bridgehead atoms. The number of anilines is 2. The number of hydrogen-bond donors (Lipinski definition) is 2. The van der Waals surface area contributed by atoms with Gasteiger partial charge in [-0.2, -0.15) is 5.26 Å². The van der Waals surface area contributed by atoms with Crippen LogP contribution in [0.15, 0.2) is 18.2 Å². The Hall–Kier alpha value is -3.16. The first-order chi connectivity index (χ1) is 19.2. The summed E-state index contributed by atoms with van der Waals surface area (Å²) >= 11 is 0. The van der Waals surface area contributed by atoms with Crippen molar-refractivity contribution in [3.8, 4) is 11.8 Å². The van der Waals surface area contributed by atoms with Crippen LogP contribution < -0.4 is 25.2 Å². The van der Waals surface area contributed by atoms with Crippen LogP contribution in [0.2, 0.25) is 0 Å². The number of nitrogens with zero attached hydrogens (tertiary/aromatic N) is 3. The van der Waals surface area contributed by atoms with Crippen molar-refractivity contribution in [3.63, 3.8) is 0 Å². The van der Waals surface area contributed by atoms with E-state index in [4.69, 9.17) is 9.47 Å². The molecule has 216 valence electrons. The number of methoxy groups -OCH3 is 1. The van der Waals surface area contributed by atoms with E-state index in [1.165, 1.54) is 0 Å². The summed E-state index contributed by atoms with van der Waals surface area (Å²) in [5.41, 5.74) is -0.367. The smallest absolute Gasteiger partial charge is 0.270 e. The van der Waals surface area contributed by atoms with Gasteiger partial charge in [0, 0.05) is 45.1 Å². The maximum atomic E-state index is 14.0. The number of piperidine rings is 1. The van der Waals surface area contributed by atoms with Crippen LogP contribution in [-0.2, 0) is 19.1 Å². The first-order valence-corrected chi connectivity index (χ1v) is 14.6. The molecule has 40 heavy (non-hydrogen) atoms. The SMILES string of the molecule is COCCCN1C(=O)C(C)(C)Oc2ccc(N(C(=O)[C@H]3CNC[C@@H](C(=O)NC4(C#N)CCCC4)C3)C3CC3)cc21. The summed E-state index contributed by atoms with van der Waals surface area (Å²) in [6.45, 7) is 5.54. The first kappa shape index (κ1) is 28.4. The molecule has 0 spiro atoms. The number of nitriles is 1. The maximum absolute atomic E-state index is 14.0. The fourth-order valence-electron chi connectivity index (χ4n) is 6.25. The highest BCUT2D eigenvalue weighted by Gasteiger charge is 2.44. The summed E-state index contributed by atoms with van der Waals surface area (Å²) < 4.78 is 11.3. The van der Waals surface area contributed by atoms with Crippen LogP contribution >= 0.6 is 0 Å². The lowest BCUT2D eigenvalue weighted by atomic mass is 9.87. The largest absolute Gasteiger partial charge is 0.476 e. The van der Waals surface area contributed by atoms with Gasteiger partial charge in [0.25, 0.3) is 5.91 Å². The topological polar surface area (TPSA) is 124 Å². The molecule has 3 amide bonds. The van der Waals surface area contributed by atoms with Gasteiger partial charge in [0.05, 0.1) is 23.6 Å². The zero-order chi connectivity index (χ0) is 28.5. The fourth-order valence-corrected chi connectivity index (χ4v) is 6.25. The molecule has 2 heterocycles. The van der Waals surface area contributed by atoms with Crippen LogP contribution in [0.1, 0.15) is 65.2 Å². The van der Waals surface area contributed by atoms with Crippen LogP contribution in [0.3, 0.4) is 0 Å². The van der Waals surface area contributed by atoms with Crippen LogP contribution in [0.4, 0.5) is 11.4 Å². The van der Waals surface area contributed by atoms with Crippen molar-refractivity contribution >= 4 is 29.1 Å². The maximum Gasteiger partial charge on any atom is 0.270 e. The number of rotatable bonds is 9. The van der Waals surface area contributed by atoms with Gasteiger partial charge in [-0.25, -0.2) is 0 Å². The van der Waals surface area contributed by atoms with Crippen LogP contribution in [0, 0.1) is 23.2 Å². The second-order valence-corrected chi connectivity index (χ2v) is 12.2. The molecular weight excluding hydrogens is 510 g/mol. The molecule has 1 aromatic carbocycles. The Bertz CT molecular complexity index is 1180. The standard InChI is InChI=1S/C30H41N5O5/c1-29(2)28(38)34(13-6-14-39-3)24-16-23(9-10-25(24)40-29)35(22-7-8-22)27(37)21-15-20(17-32-18-21)26(36)33-30(19-31)11-4-5-12-30/h9-10,16,20-22,32H,4-8,11-15,17-18H2,1-3H3,(H,33,36)/t20-,21+/m0/s1. The number of nitrogens with one attached hydrogen (secondary N) is 2. The molecule has 1 saturated heterocycles. The van der Waals surface area contributed by atoms with Crippen LogP contribution in [0.25, 0.3) is 0 Å². The van der Waals surface area contributed by atoms with E-state index in [0.717, 1.165) is 31.4 Å². The van der Waals surface area contributed by atoms with E-state index in [-0.39, 0.29) is 35.6 Å². The fraction of sp³-hybridized carbons (Fsp3) is 0.667. The Balaban J connectivity index is 1.35. The quantitative estimate of drug-likeness (QED) is 0.452. The third-order valence-electron chi connectivity index (χ3n) is 8.62. The minimum Gasteiger partial charge on any atom is -0.476 e. The molecule has 1 aromatic rings. The van der Waals surface area contributed by atoms with Gasteiger partial charge < -0.3 is 29.9 Å². The average Bonchev–Trinajstić information content (AvgIpc) is 3.67. The second-order valence-electron chi connectivity index (χ2n) is 12.2. The van der Waals surface area contributed by atoms with Crippen molar-refractivity contribution < 1.29 is 23.9 Å². The number of ether oxygens (including phenoxy) is 2. The summed E-state index contributed by atoms with van der Waals surface area (Å²) in [6.07, 6.45) is 6.17. The van der Waals surface area contributed by atoms with E-state index in [9.17, 15) is 19.6 Å². The summed E-state index contributed by atoms with van der Waals surface area (Å²) in [5, 5.41) is 16.0. The van der Waals surface area contributed by atoms with Crippen molar-refractivity contribution in [1.29, 1.82) is 5.26 Å². The highest BCUT2D eigenvalue weighted by Crippen LogP contribution is 2.43. The Morgan fingerprint density at radius 1 is 1.23 bits per heavy atom. The highest BCUT2D eigenvalue weighted by atomic mass is 16.5. The molecule has 0 unspecified atom stereocenters. The third kappa shape index (κ3) is 5.68. The molecule has 2 atom stereocenters. The summed E-state index contributed by atoms with van der Waals surface area (Å²) in [7, 11) is 1.64. The number of hydrogen-bond acceptors (Lipinski definition) is 7. The van der Waals surface area contributed by atoms with E-state index in [2.05, 4.69) is 16.7 Å². The summed E-state index contributed by atoms with van der Waals surface area (Å²) in [5.74, 6) is -0.411. The minimum absolute atomic E-state index is 0.0161. The van der Waals surface area contributed by atoms with E-state index >= 15 is 0 Å². The lowest BCUT2D eigenvalue weighted by Gasteiger charge is -2.40. The van der Waals surface area contributed by atoms with Gasteiger partial charge in [0.1, 0.15) is 11.3 Å². The molecule has 2 aliphatic carbocycles. The lowest BCUT2D eigenvalue weighted by molar-refractivity contribution is -0.132. The van der Waals surface area contributed by atoms with Gasteiger partial charge in [-0.15, -0.1) is 0 Å². The second kappa shape index (κ2) is 11.4. The normalized spacial score (nSPS) is 24.9. The van der Waals surface area contributed by atoms with Crippen molar-refractivity contribution in [2.24, 2.45) is 11.8 Å². The van der Waals surface area contributed by atoms with E-state index in [0.29, 0.717) is 63.4 Å². The zero-order valence-corrected chi connectivity index (χ0v) is 23.8. The third-order valence-corrected chi connectivity index (χ3v) is 8.62. The van der Waals surface area contributed by atoms with Crippen molar-refractivity contribution in [2.75, 3.05) is 43.2 Å². The predicted molar refractivity (Wildman–Crippen MR) is 150 cm³/mol. The molecular formula is C30H41N5O5. The van der Waals surface area contributed by atoms with E-state index < -0.39 is 11.1 Å². The molecule has 3 fully saturated rings. The number of carbonyl (C=O) groups is 3. The molecule has 0 aromatic heterocycles. The number of benzene rings is 1. The average molecular weight is 552 g/mol. The highest BCUT2D eigenvalue weighted by molar-refractivity contribution is 6.04. The summed E-state index contributed by atoms with van der Waals surface area (Å²) in [6, 6.07) is 8.06. The first-order valence-electron chi connectivity index (χ1n) is 14.6. The van der Waals surface area contributed by atoms with E-state index in [1.807, 2.05) is 23.1 Å². The predicted octanol–water partition coefficient (Wildman–Crippen LogP) is 2.90. The molecule has 2 saturated carbocycles. The van der Waals surface area contributed by atoms with Gasteiger partial charge in [0.2, 0.25) is 11.8 Å². The zero-order valence-electron chi connectivity index (χ0n) is 23.8. The number of carbonyl (C=O) groups excluding carboxylic acids is 3. The molecule has 2 N–H and O–H groups in total. The number of amides is 3. The molecule has 10 heteroatoms. The lowest BCUT2D eigenvalue weighted by Crippen LogP contribution is -2.54. The van der Waals surface area contributed by atoms with Gasteiger partial charge in [-0.1, -0.05) is 0 Å². The van der Waals surface area contributed by atoms with Crippen molar-refractivity contribution in [3.05, 3.63) is 18.2 Å². The Labute approximate surface area is 236 Å². The molecule has 4 aliphatic rings. The number of fused-ring (bicyclic) bond motifs is 1. The molecule has 5 rings (SSSR count). The Morgan fingerprint density at radius 3 is 2.62 bits per heavy atom. The van der Waals surface area contributed by atoms with Crippen LogP contribution in [-0.4, -0.2) is 68.3 Å². The monoisotopic (exact) mass is 551 g/mol. The van der Waals surface area contributed by atoms with Gasteiger partial charge in [0.15, 0.2) is 5.60 Å². The Morgan fingerprint density at radius 2 is 1.95 bits per heavy atom. The molecule has 0 radical (unpaired) electrons. The van der Waals surface area contributed by atoms with Gasteiger partial charge >= 0.3 is 0 Å². The van der Waals surface area contributed by atoms with Crippen molar-refractivity contribution in [2.45, 2.75) is 82.4 Å². The van der Waals surface area contributed by atoms with Crippen LogP contribution in [0.5, 0.6) is 5.75 Å². The summed E-state index contributed by atoms with van der Waals surface area (Å²) in [4.78, 5) is 44.1. The van der Waals surface area contributed by atoms with Gasteiger partial charge in [-0.05, 0) is 83.4 Å². The molecule has 10 nitrogen and oxygen atoms in total. The minimum atomic E-state index is -0.987. The van der Waals surface area contributed by atoms with E-state index in [1.54, 1.807) is 25.9 Å². The molecule has 2 aliphatic heterocycles. The van der Waals surface area contributed by atoms with Crippen molar-refractivity contribution in [1.82, 2.24) is 10.6 Å².